The van der Waals surface area contributed by atoms with Gasteiger partial charge in [0, 0.05) is 49.3 Å². The maximum atomic E-state index is 14.4. The Balaban J connectivity index is 1.20. The number of benzene rings is 2. The Hall–Kier alpha value is -4.21. The molecule has 2 aromatic carbocycles. The van der Waals surface area contributed by atoms with Crippen LogP contribution in [-0.4, -0.2) is 68.1 Å². The summed E-state index contributed by atoms with van der Waals surface area (Å²) in [4.78, 5) is 41.1. The number of ether oxygens (including phenoxy) is 1. The molecule has 0 radical (unpaired) electrons. The van der Waals surface area contributed by atoms with E-state index in [9.17, 15) is 9.59 Å². The zero-order valence-corrected chi connectivity index (χ0v) is 27.5. The third-order valence-electron chi connectivity index (χ3n) is 9.70. The molecule has 1 N–H and O–H groups in total. The number of amides is 2. The summed E-state index contributed by atoms with van der Waals surface area (Å²) in [6.45, 7) is 3.77. The van der Waals surface area contributed by atoms with Crippen molar-refractivity contribution in [1.82, 2.24) is 24.3 Å². The number of piperazine rings is 1. The molecule has 4 aromatic rings. The number of carbonyl (C=O) groups excluding carboxylic acids is 2. The van der Waals surface area contributed by atoms with Gasteiger partial charge in [-0.05, 0) is 98.0 Å². The van der Waals surface area contributed by atoms with Crippen LogP contribution in [0.5, 0.6) is 0 Å². The van der Waals surface area contributed by atoms with Crippen molar-refractivity contribution in [2.75, 3.05) is 25.0 Å². The Bertz CT molecular complexity index is 1750. The molecule has 2 aromatic heterocycles. The number of carbonyl (C=O) groups is 2. The first-order valence-electron chi connectivity index (χ1n) is 16.7. The number of aromatic nitrogens is 3. The molecule has 2 amide bonds. The fourth-order valence-electron chi connectivity index (χ4n) is 7.37. The van der Waals surface area contributed by atoms with Crippen molar-refractivity contribution in [3.05, 3.63) is 112 Å². The number of hydrogen-bond donors (Lipinski definition) is 1. The van der Waals surface area contributed by atoms with E-state index in [0.717, 1.165) is 72.2 Å². The van der Waals surface area contributed by atoms with E-state index in [-0.39, 0.29) is 30.7 Å². The number of imidazole rings is 1. The van der Waals surface area contributed by atoms with Gasteiger partial charge in [0.1, 0.15) is 12.1 Å². The van der Waals surface area contributed by atoms with E-state index in [0.29, 0.717) is 30.3 Å². The molecule has 2 atom stereocenters. The van der Waals surface area contributed by atoms with Gasteiger partial charge in [0.25, 0.3) is 0 Å². The van der Waals surface area contributed by atoms with E-state index in [1.54, 1.807) is 4.90 Å². The molecule has 3 heterocycles. The highest BCUT2D eigenvalue weighted by Gasteiger charge is 2.42. The fraction of sp³-hybridized carbons (Fsp3) is 0.405. The minimum absolute atomic E-state index is 0.0573. The summed E-state index contributed by atoms with van der Waals surface area (Å²) in [5.74, 6) is -0.173. The Morgan fingerprint density at radius 3 is 2.66 bits per heavy atom. The van der Waals surface area contributed by atoms with Gasteiger partial charge in [0.05, 0.1) is 23.8 Å². The quantitative estimate of drug-likeness (QED) is 0.253. The van der Waals surface area contributed by atoms with Gasteiger partial charge < -0.3 is 19.5 Å². The van der Waals surface area contributed by atoms with Crippen LogP contribution < -0.4 is 5.32 Å². The van der Waals surface area contributed by atoms with E-state index < -0.39 is 6.04 Å². The summed E-state index contributed by atoms with van der Waals surface area (Å²) in [6, 6.07) is 17.1. The van der Waals surface area contributed by atoms with Crippen LogP contribution in [0.4, 0.5) is 10.5 Å². The van der Waals surface area contributed by atoms with Gasteiger partial charge in [-0.1, -0.05) is 42.3 Å². The third kappa shape index (κ3) is 7.06. The zero-order chi connectivity index (χ0) is 32.3. The minimum Gasteiger partial charge on any atom is -0.446 e. The Morgan fingerprint density at radius 1 is 0.979 bits per heavy atom. The van der Waals surface area contributed by atoms with Gasteiger partial charge in [0.15, 0.2) is 0 Å². The number of hydrogen-bond acceptors (Lipinski definition) is 6. The molecule has 47 heavy (non-hydrogen) atoms. The Morgan fingerprint density at radius 2 is 1.83 bits per heavy atom. The van der Waals surface area contributed by atoms with Crippen molar-refractivity contribution in [1.29, 1.82) is 0 Å². The zero-order valence-electron chi connectivity index (χ0n) is 26.8. The van der Waals surface area contributed by atoms with Crippen molar-refractivity contribution in [2.24, 2.45) is 0 Å². The van der Waals surface area contributed by atoms with E-state index in [4.69, 9.17) is 21.3 Å². The van der Waals surface area contributed by atoms with E-state index in [1.165, 1.54) is 6.42 Å². The number of rotatable bonds is 6. The first kappa shape index (κ1) is 31.4. The summed E-state index contributed by atoms with van der Waals surface area (Å²) in [6.07, 6.45) is 12.0. The fourth-order valence-corrected chi connectivity index (χ4v) is 7.56. The van der Waals surface area contributed by atoms with Gasteiger partial charge in [-0.15, -0.1) is 0 Å². The second-order valence-electron chi connectivity index (χ2n) is 13.0. The standard InChI is InChI=1S/C37H41ClN6O3/c1-25-21-42(24-40-25)22-26-7-5-9-30(19-26)41-36(45)33-23-43(37(46)47-31-10-3-2-4-11-31)17-18-44(33)35-32-15-14-29(38)20-28(32)13-12-27-8-6-16-39-34(27)35/h5-9,14-16,19-21,24,31,33,35H,2-4,10-13,17-18,22-23H2,1H3,(H,41,45)/t33-,35+/m1/s1. The number of fused-ring (bicyclic) bond motifs is 2. The van der Waals surface area contributed by atoms with Gasteiger partial charge >= 0.3 is 6.09 Å². The maximum Gasteiger partial charge on any atom is 0.410 e. The van der Waals surface area contributed by atoms with Crippen LogP contribution in [-0.2, 0) is 28.9 Å². The maximum absolute atomic E-state index is 14.4. The number of nitrogens with one attached hydrogen (secondary N) is 1. The monoisotopic (exact) mass is 652 g/mol. The molecule has 0 bridgehead atoms. The lowest BCUT2D eigenvalue weighted by Gasteiger charge is -2.44. The average Bonchev–Trinajstić information content (AvgIpc) is 3.41. The number of pyridine rings is 1. The predicted molar refractivity (Wildman–Crippen MR) is 181 cm³/mol. The van der Waals surface area contributed by atoms with Crippen molar-refractivity contribution < 1.29 is 14.3 Å². The number of anilines is 1. The van der Waals surface area contributed by atoms with Crippen LogP contribution in [0.1, 0.15) is 71.8 Å². The second-order valence-corrected chi connectivity index (χ2v) is 13.5. The summed E-state index contributed by atoms with van der Waals surface area (Å²) < 4.78 is 8.00. The third-order valence-corrected chi connectivity index (χ3v) is 9.94. The molecule has 7 rings (SSSR count). The first-order chi connectivity index (χ1) is 22.9. The van der Waals surface area contributed by atoms with Crippen LogP contribution in [0, 0.1) is 6.92 Å². The molecule has 0 spiro atoms. The molecule has 244 valence electrons. The number of aryl methyl sites for hydroxylation is 3. The van der Waals surface area contributed by atoms with Gasteiger partial charge in [0.2, 0.25) is 5.91 Å². The Kier molecular flexibility index (Phi) is 9.27. The predicted octanol–water partition coefficient (Wildman–Crippen LogP) is 6.57. The highest BCUT2D eigenvalue weighted by molar-refractivity contribution is 6.30. The number of halogens is 1. The highest BCUT2D eigenvalue weighted by atomic mass is 35.5. The largest absolute Gasteiger partial charge is 0.446 e. The smallest absolute Gasteiger partial charge is 0.410 e. The van der Waals surface area contributed by atoms with Crippen LogP contribution >= 0.6 is 11.6 Å². The highest BCUT2D eigenvalue weighted by Crippen LogP contribution is 2.39. The lowest BCUT2D eigenvalue weighted by Crippen LogP contribution is -2.60. The molecule has 2 fully saturated rings. The molecule has 1 aliphatic heterocycles. The molecule has 2 aliphatic carbocycles. The van der Waals surface area contributed by atoms with E-state index >= 15 is 0 Å². The molecule has 1 saturated heterocycles. The lowest BCUT2D eigenvalue weighted by molar-refractivity contribution is -0.124. The molecule has 0 unspecified atom stereocenters. The second kappa shape index (κ2) is 13.9. The van der Waals surface area contributed by atoms with Gasteiger partial charge in [-0.2, -0.15) is 0 Å². The molecular weight excluding hydrogens is 612 g/mol. The Labute approximate surface area is 280 Å². The van der Waals surface area contributed by atoms with Crippen molar-refractivity contribution in [3.63, 3.8) is 0 Å². The van der Waals surface area contributed by atoms with Crippen molar-refractivity contribution >= 4 is 29.3 Å². The van der Waals surface area contributed by atoms with E-state index in [2.05, 4.69) is 27.3 Å². The molecular formula is C37H41ClN6O3. The molecule has 1 saturated carbocycles. The summed E-state index contributed by atoms with van der Waals surface area (Å²) in [7, 11) is 0. The molecule has 3 aliphatic rings. The SMILES string of the molecule is Cc1cn(Cc2cccc(NC(=O)[C@H]3CN(C(=O)OC4CCCCC4)CCN3[C@H]3c4ccc(Cl)cc4CCc4cccnc43)c2)cn1. The van der Waals surface area contributed by atoms with Crippen LogP contribution in [0.15, 0.2) is 73.3 Å². The average molecular weight is 653 g/mol. The molecule has 9 nitrogen and oxygen atoms in total. The summed E-state index contributed by atoms with van der Waals surface area (Å²) >= 11 is 6.49. The van der Waals surface area contributed by atoms with E-state index in [1.807, 2.05) is 72.7 Å². The number of nitrogens with zero attached hydrogens (tertiary/aromatic N) is 5. The van der Waals surface area contributed by atoms with Crippen LogP contribution in [0.2, 0.25) is 5.02 Å². The first-order valence-corrected chi connectivity index (χ1v) is 17.1. The van der Waals surface area contributed by atoms with Gasteiger partial charge in [-0.25, -0.2) is 9.78 Å². The summed E-state index contributed by atoms with van der Waals surface area (Å²) in [5, 5.41) is 3.89. The normalized spacial score (nSPS) is 20.2. The minimum atomic E-state index is -0.649. The summed E-state index contributed by atoms with van der Waals surface area (Å²) in [5.41, 5.74) is 7.07. The topological polar surface area (TPSA) is 92.6 Å². The van der Waals surface area contributed by atoms with Gasteiger partial charge in [-0.3, -0.25) is 14.7 Å². The van der Waals surface area contributed by atoms with Crippen LogP contribution in [0.25, 0.3) is 0 Å². The molecule has 10 heteroatoms. The van der Waals surface area contributed by atoms with Crippen molar-refractivity contribution in [3.8, 4) is 0 Å². The lowest BCUT2D eigenvalue weighted by atomic mass is 9.94. The van der Waals surface area contributed by atoms with Crippen molar-refractivity contribution in [2.45, 2.75) is 76.6 Å². The van der Waals surface area contributed by atoms with Crippen LogP contribution in [0.3, 0.4) is 0 Å².